The number of anilines is 1. The molecule has 2 heterocycles. The van der Waals surface area contributed by atoms with Gasteiger partial charge in [-0.3, -0.25) is 0 Å². The van der Waals surface area contributed by atoms with Gasteiger partial charge in [0.25, 0.3) is 0 Å². The Morgan fingerprint density at radius 1 is 1.53 bits per heavy atom. The van der Waals surface area contributed by atoms with E-state index in [4.69, 9.17) is 0 Å². The van der Waals surface area contributed by atoms with Gasteiger partial charge in [0.05, 0.1) is 0 Å². The highest BCUT2D eigenvalue weighted by Gasteiger charge is 2.16. The van der Waals surface area contributed by atoms with Gasteiger partial charge in [-0.2, -0.15) is 0 Å². The van der Waals surface area contributed by atoms with E-state index in [2.05, 4.69) is 40.1 Å². The summed E-state index contributed by atoms with van der Waals surface area (Å²) in [7, 11) is 0. The standard InChI is InChI=1S/C11H18N4/c1-3-10-6-11(14-8-13-10)15-5-4-12-9(2)7-15/h6,8-9,12H,3-5,7H2,1-2H3/t9-/m0/s1. The van der Waals surface area contributed by atoms with E-state index in [1.807, 2.05) is 0 Å². The van der Waals surface area contributed by atoms with Gasteiger partial charge in [-0.1, -0.05) is 6.92 Å². The summed E-state index contributed by atoms with van der Waals surface area (Å²) in [5.41, 5.74) is 1.12. The smallest absolute Gasteiger partial charge is 0.132 e. The van der Waals surface area contributed by atoms with Crippen LogP contribution in [0.3, 0.4) is 0 Å². The molecule has 1 fully saturated rings. The van der Waals surface area contributed by atoms with Crippen LogP contribution in [0.1, 0.15) is 19.5 Å². The minimum absolute atomic E-state index is 0.541. The van der Waals surface area contributed by atoms with Crippen molar-refractivity contribution in [2.45, 2.75) is 26.3 Å². The lowest BCUT2D eigenvalue weighted by atomic mass is 10.2. The molecule has 0 aromatic carbocycles. The number of nitrogens with one attached hydrogen (secondary N) is 1. The molecule has 82 valence electrons. The van der Waals surface area contributed by atoms with Crippen LogP contribution in [0.2, 0.25) is 0 Å². The predicted molar refractivity (Wildman–Crippen MR) is 61.1 cm³/mol. The monoisotopic (exact) mass is 206 g/mol. The molecule has 4 nitrogen and oxygen atoms in total. The predicted octanol–water partition coefficient (Wildman–Crippen LogP) is 0.837. The number of nitrogens with zero attached hydrogens (tertiary/aromatic N) is 3. The van der Waals surface area contributed by atoms with Crippen molar-refractivity contribution in [1.29, 1.82) is 0 Å². The van der Waals surface area contributed by atoms with Crippen LogP contribution in [-0.2, 0) is 6.42 Å². The Bertz CT molecular complexity index is 326. The third-order valence-corrected chi connectivity index (χ3v) is 2.76. The van der Waals surface area contributed by atoms with Crippen molar-refractivity contribution in [2.24, 2.45) is 0 Å². The molecule has 2 rings (SSSR count). The minimum atomic E-state index is 0.541. The molecule has 15 heavy (non-hydrogen) atoms. The SMILES string of the molecule is CCc1cc(N2CCN[C@@H](C)C2)ncn1. The van der Waals surface area contributed by atoms with E-state index in [-0.39, 0.29) is 0 Å². The third kappa shape index (κ3) is 2.45. The summed E-state index contributed by atoms with van der Waals surface area (Å²) in [6, 6.07) is 2.64. The molecule has 0 amide bonds. The van der Waals surface area contributed by atoms with Gasteiger partial charge in [0.1, 0.15) is 12.1 Å². The molecule has 1 saturated heterocycles. The van der Waals surface area contributed by atoms with Crippen LogP contribution in [0.25, 0.3) is 0 Å². The molecule has 1 aromatic rings. The topological polar surface area (TPSA) is 41.0 Å². The fourth-order valence-electron chi connectivity index (χ4n) is 1.89. The summed E-state index contributed by atoms with van der Waals surface area (Å²) >= 11 is 0. The maximum atomic E-state index is 4.33. The van der Waals surface area contributed by atoms with Crippen LogP contribution >= 0.6 is 0 Å². The van der Waals surface area contributed by atoms with Gasteiger partial charge in [0, 0.05) is 37.4 Å². The normalized spacial score (nSPS) is 21.7. The highest BCUT2D eigenvalue weighted by atomic mass is 15.2. The Balaban J connectivity index is 2.13. The Morgan fingerprint density at radius 2 is 2.40 bits per heavy atom. The minimum Gasteiger partial charge on any atom is -0.354 e. The summed E-state index contributed by atoms with van der Waals surface area (Å²) in [5, 5.41) is 3.43. The quantitative estimate of drug-likeness (QED) is 0.778. The fraction of sp³-hybridized carbons (Fsp3) is 0.636. The van der Waals surface area contributed by atoms with Gasteiger partial charge in [0.15, 0.2) is 0 Å². The van der Waals surface area contributed by atoms with Crippen LogP contribution < -0.4 is 10.2 Å². The van der Waals surface area contributed by atoms with Gasteiger partial charge >= 0.3 is 0 Å². The first-order valence-electron chi connectivity index (χ1n) is 5.59. The van der Waals surface area contributed by atoms with E-state index in [0.717, 1.165) is 37.6 Å². The Labute approximate surface area is 90.7 Å². The van der Waals surface area contributed by atoms with Gasteiger partial charge in [-0.25, -0.2) is 9.97 Å². The van der Waals surface area contributed by atoms with Crippen LogP contribution in [0, 0.1) is 0 Å². The summed E-state index contributed by atoms with van der Waals surface area (Å²) < 4.78 is 0. The first-order chi connectivity index (χ1) is 7.29. The molecule has 0 radical (unpaired) electrons. The molecule has 0 saturated carbocycles. The summed E-state index contributed by atoms with van der Waals surface area (Å²) in [5.74, 6) is 1.07. The molecular formula is C11H18N4. The summed E-state index contributed by atoms with van der Waals surface area (Å²) in [6.07, 6.45) is 2.64. The molecule has 0 spiro atoms. The Hall–Kier alpha value is -1.16. The van der Waals surface area contributed by atoms with E-state index in [1.54, 1.807) is 6.33 Å². The third-order valence-electron chi connectivity index (χ3n) is 2.76. The van der Waals surface area contributed by atoms with E-state index < -0.39 is 0 Å². The zero-order valence-corrected chi connectivity index (χ0v) is 9.40. The lowest BCUT2D eigenvalue weighted by molar-refractivity contribution is 0.482. The second kappa shape index (κ2) is 4.57. The van der Waals surface area contributed by atoms with Gasteiger partial charge in [-0.15, -0.1) is 0 Å². The van der Waals surface area contributed by atoms with Crippen LogP contribution in [0.5, 0.6) is 0 Å². The maximum Gasteiger partial charge on any atom is 0.132 e. The fourth-order valence-corrected chi connectivity index (χ4v) is 1.89. The average Bonchev–Trinajstić information content (AvgIpc) is 2.29. The molecule has 1 aliphatic heterocycles. The zero-order valence-electron chi connectivity index (χ0n) is 9.40. The Morgan fingerprint density at radius 3 is 3.13 bits per heavy atom. The Kier molecular flexibility index (Phi) is 3.16. The van der Waals surface area contributed by atoms with E-state index in [1.165, 1.54) is 0 Å². The average molecular weight is 206 g/mol. The number of aromatic nitrogens is 2. The summed E-state index contributed by atoms with van der Waals surface area (Å²) in [6.45, 7) is 7.41. The van der Waals surface area contributed by atoms with Crippen molar-refractivity contribution in [3.8, 4) is 0 Å². The molecule has 1 atom stereocenters. The van der Waals surface area contributed by atoms with E-state index in [9.17, 15) is 0 Å². The molecule has 0 bridgehead atoms. The van der Waals surface area contributed by atoms with Crippen LogP contribution in [0.4, 0.5) is 5.82 Å². The highest BCUT2D eigenvalue weighted by molar-refractivity contribution is 5.39. The van der Waals surface area contributed by atoms with Crippen molar-refractivity contribution >= 4 is 5.82 Å². The summed E-state index contributed by atoms with van der Waals surface area (Å²) in [4.78, 5) is 10.9. The highest BCUT2D eigenvalue weighted by Crippen LogP contribution is 2.13. The molecule has 1 N–H and O–H groups in total. The zero-order chi connectivity index (χ0) is 10.7. The van der Waals surface area contributed by atoms with Crippen molar-refractivity contribution in [1.82, 2.24) is 15.3 Å². The molecule has 1 aliphatic rings. The lowest BCUT2D eigenvalue weighted by Crippen LogP contribution is -2.49. The van der Waals surface area contributed by atoms with Gasteiger partial charge in [-0.05, 0) is 13.3 Å². The van der Waals surface area contributed by atoms with E-state index in [0.29, 0.717) is 6.04 Å². The number of aryl methyl sites for hydroxylation is 1. The second-order valence-electron chi connectivity index (χ2n) is 4.02. The number of rotatable bonds is 2. The van der Waals surface area contributed by atoms with E-state index >= 15 is 0 Å². The van der Waals surface area contributed by atoms with Gasteiger partial charge < -0.3 is 10.2 Å². The lowest BCUT2D eigenvalue weighted by Gasteiger charge is -2.32. The number of piperazine rings is 1. The van der Waals surface area contributed by atoms with Gasteiger partial charge in [0.2, 0.25) is 0 Å². The van der Waals surface area contributed by atoms with Crippen molar-refractivity contribution in [3.63, 3.8) is 0 Å². The van der Waals surface area contributed by atoms with Crippen molar-refractivity contribution in [3.05, 3.63) is 18.1 Å². The maximum absolute atomic E-state index is 4.33. The second-order valence-corrected chi connectivity index (χ2v) is 4.02. The molecule has 1 aromatic heterocycles. The first-order valence-corrected chi connectivity index (χ1v) is 5.59. The number of hydrogen-bond donors (Lipinski definition) is 1. The van der Waals surface area contributed by atoms with Crippen LogP contribution in [-0.4, -0.2) is 35.6 Å². The first kappa shape index (κ1) is 10.4. The molecule has 0 aliphatic carbocycles. The molecular weight excluding hydrogens is 188 g/mol. The molecule has 4 heteroatoms. The molecule has 0 unspecified atom stereocenters. The largest absolute Gasteiger partial charge is 0.354 e. The van der Waals surface area contributed by atoms with Crippen molar-refractivity contribution in [2.75, 3.05) is 24.5 Å². The van der Waals surface area contributed by atoms with Crippen molar-refractivity contribution < 1.29 is 0 Å². The number of hydrogen-bond acceptors (Lipinski definition) is 4. The van der Waals surface area contributed by atoms with Crippen LogP contribution in [0.15, 0.2) is 12.4 Å².